The van der Waals surface area contributed by atoms with Crippen molar-refractivity contribution in [2.24, 2.45) is 0 Å². The van der Waals surface area contributed by atoms with E-state index in [-0.39, 0.29) is 12.7 Å². The second-order valence-corrected chi connectivity index (χ2v) is 3.97. The summed E-state index contributed by atoms with van der Waals surface area (Å²) in [5.74, 6) is -1.33. The van der Waals surface area contributed by atoms with E-state index in [0.29, 0.717) is 6.61 Å². The smallest absolute Gasteiger partial charge is 0.404 e. The van der Waals surface area contributed by atoms with Crippen LogP contribution >= 0.6 is 11.6 Å². The Morgan fingerprint density at radius 2 is 2.12 bits per heavy atom. The van der Waals surface area contributed by atoms with E-state index in [1.165, 1.54) is 0 Å². The maximum absolute atomic E-state index is 11.0. The SMILES string of the molecule is CC1(C)OCC(COC(=O)COC(=O)Cl)O1. The minimum Gasteiger partial charge on any atom is -0.460 e. The number of ether oxygens (including phenoxy) is 4. The summed E-state index contributed by atoms with van der Waals surface area (Å²) in [6, 6.07) is 0. The summed E-state index contributed by atoms with van der Waals surface area (Å²) in [4.78, 5) is 21.2. The van der Waals surface area contributed by atoms with Gasteiger partial charge < -0.3 is 18.9 Å². The zero-order valence-corrected chi connectivity index (χ0v) is 9.78. The highest BCUT2D eigenvalue weighted by atomic mass is 35.5. The third kappa shape index (κ3) is 4.78. The van der Waals surface area contributed by atoms with Crippen molar-refractivity contribution in [3.63, 3.8) is 0 Å². The predicted octanol–water partition coefficient (Wildman–Crippen LogP) is 1.06. The van der Waals surface area contributed by atoms with Crippen LogP contribution in [0.2, 0.25) is 0 Å². The average Bonchev–Trinajstić information content (AvgIpc) is 2.52. The van der Waals surface area contributed by atoms with Gasteiger partial charge in [-0.05, 0) is 13.8 Å². The third-order valence-electron chi connectivity index (χ3n) is 1.80. The van der Waals surface area contributed by atoms with Gasteiger partial charge in [0.1, 0.15) is 12.7 Å². The molecule has 0 aliphatic carbocycles. The molecule has 1 heterocycles. The molecule has 1 atom stereocenters. The zero-order chi connectivity index (χ0) is 12.2. The lowest BCUT2D eigenvalue weighted by Gasteiger charge is -2.16. The molecule has 1 fully saturated rings. The quantitative estimate of drug-likeness (QED) is 0.550. The van der Waals surface area contributed by atoms with Gasteiger partial charge in [0.2, 0.25) is 0 Å². The normalized spacial score (nSPS) is 22.8. The van der Waals surface area contributed by atoms with Crippen molar-refractivity contribution in [3.05, 3.63) is 0 Å². The maximum atomic E-state index is 11.0. The first-order valence-corrected chi connectivity index (χ1v) is 5.06. The number of hydrogen-bond acceptors (Lipinski definition) is 6. The first-order chi connectivity index (χ1) is 7.39. The van der Waals surface area contributed by atoms with Gasteiger partial charge in [-0.3, -0.25) is 0 Å². The zero-order valence-electron chi connectivity index (χ0n) is 9.03. The molecule has 0 aromatic rings. The molecule has 6 nitrogen and oxygen atoms in total. The fourth-order valence-corrected chi connectivity index (χ4v) is 1.24. The topological polar surface area (TPSA) is 71.1 Å². The number of halogens is 1. The first-order valence-electron chi connectivity index (χ1n) is 4.69. The molecule has 0 N–H and O–H groups in total. The number of esters is 1. The molecule has 1 aliphatic heterocycles. The van der Waals surface area contributed by atoms with Gasteiger partial charge in [-0.1, -0.05) is 0 Å². The lowest BCUT2D eigenvalue weighted by Crippen LogP contribution is -2.26. The van der Waals surface area contributed by atoms with E-state index in [1.807, 2.05) is 0 Å². The van der Waals surface area contributed by atoms with Crippen LogP contribution < -0.4 is 0 Å². The molecule has 16 heavy (non-hydrogen) atoms. The molecule has 0 spiro atoms. The molecule has 0 saturated carbocycles. The Morgan fingerprint density at radius 1 is 1.44 bits per heavy atom. The van der Waals surface area contributed by atoms with E-state index in [9.17, 15) is 9.59 Å². The van der Waals surface area contributed by atoms with E-state index in [1.54, 1.807) is 13.8 Å². The summed E-state index contributed by atoms with van der Waals surface area (Å²) in [6.07, 6.45) is -0.300. The Morgan fingerprint density at radius 3 is 2.62 bits per heavy atom. The minimum absolute atomic E-state index is 0.0576. The fourth-order valence-electron chi connectivity index (χ4n) is 1.19. The lowest BCUT2D eigenvalue weighted by molar-refractivity contribution is -0.160. The van der Waals surface area contributed by atoms with Crippen molar-refractivity contribution in [2.75, 3.05) is 19.8 Å². The average molecular weight is 253 g/mol. The molecule has 1 rings (SSSR count). The molecular weight excluding hydrogens is 240 g/mol. The molecule has 92 valence electrons. The van der Waals surface area contributed by atoms with Crippen LogP contribution in [0, 0.1) is 0 Å². The van der Waals surface area contributed by atoms with Crippen LogP contribution in [-0.2, 0) is 23.7 Å². The minimum atomic E-state index is -1.04. The Balaban J connectivity index is 2.15. The molecular formula is C9H13ClO6. The van der Waals surface area contributed by atoms with Crippen molar-refractivity contribution in [1.29, 1.82) is 0 Å². The van der Waals surface area contributed by atoms with Crippen LogP contribution in [0.5, 0.6) is 0 Å². The van der Waals surface area contributed by atoms with Crippen molar-refractivity contribution < 1.29 is 28.5 Å². The summed E-state index contributed by atoms with van der Waals surface area (Å²) in [5, 5.41) is 0. The Kier molecular flexibility index (Phi) is 4.52. The molecule has 0 radical (unpaired) electrons. The van der Waals surface area contributed by atoms with E-state index in [2.05, 4.69) is 4.74 Å². The van der Waals surface area contributed by atoms with Crippen molar-refractivity contribution in [1.82, 2.24) is 0 Å². The summed E-state index contributed by atoms with van der Waals surface area (Å²) in [6.45, 7) is 3.45. The van der Waals surface area contributed by atoms with Gasteiger partial charge in [-0.2, -0.15) is 0 Å². The van der Waals surface area contributed by atoms with Gasteiger partial charge in [-0.25, -0.2) is 9.59 Å². The number of hydrogen-bond donors (Lipinski definition) is 0. The van der Waals surface area contributed by atoms with Crippen molar-refractivity contribution in [2.45, 2.75) is 25.7 Å². The molecule has 1 unspecified atom stereocenters. The van der Waals surface area contributed by atoms with E-state index < -0.39 is 23.8 Å². The van der Waals surface area contributed by atoms with Crippen LogP contribution in [0.25, 0.3) is 0 Å². The molecule has 0 bridgehead atoms. The van der Waals surface area contributed by atoms with Crippen molar-refractivity contribution in [3.8, 4) is 0 Å². The first kappa shape index (κ1) is 13.2. The standard InChI is InChI=1S/C9H13ClO6/c1-9(2)15-4-6(16-9)3-13-7(11)5-14-8(10)12/h6H,3-5H2,1-2H3. The van der Waals surface area contributed by atoms with E-state index >= 15 is 0 Å². The largest absolute Gasteiger partial charge is 0.460 e. The van der Waals surface area contributed by atoms with Crippen LogP contribution in [-0.4, -0.2) is 43.1 Å². The molecule has 1 saturated heterocycles. The second-order valence-electron chi connectivity index (χ2n) is 3.66. The molecule has 1 aliphatic rings. The number of rotatable bonds is 4. The van der Waals surface area contributed by atoms with Gasteiger partial charge in [0.05, 0.1) is 6.61 Å². The van der Waals surface area contributed by atoms with Crippen LogP contribution in [0.4, 0.5) is 4.79 Å². The summed E-state index contributed by atoms with van der Waals surface area (Å²) >= 11 is 4.87. The van der Waals surface area contributed by atoms with E-state index in [4.69, 9.17) is 25.8 Å². The fraction of sp³-hybridized carbons (Fsp3) is 0.778. The summed E-state index contributed by atoms with van der Waals surface area (Å²) in [5.41, 5.74) is -1.04. The third-order valence-corrected chi connectivity index (χ3v) is 1.91. The van der Waals surface area contributed by atoms with Crippen molar-refractivity contribution >= 4 is 23.0 Å². The monoisotopic (exact) mass is 252 g/mol. The van der Waals surface area contributed by atoms with Gasteiger partial charge >= 0.3 is 11.4 Å². The molecule has 7 heteroatoms. The number of carbonyl (C=O) groups excluding carboxylic acids is 2. The predicted molar refractivity (Wildman–Crippen MR) is 53.1 cm³/mol. The summed E-state index contributed by atoms with van der Waals surface area (Å²) < 4.78 is 19.7. The van der Waals surface area contributed by atoms with Gasteiger partial charge in [0, 0.05) is 11.6 Å². The van der Waals surface area contributed by atoms with E-state index in [0.717, 1.165) is 0 Å². The van der Waals surface area contributed by atoms with Crippen LogP contribution in [0.1, 0.15) is 13.8 Å². The highest BCUT2D eigenvalue weighted by Gasteiger charge is 2.33. The Labute approximate surface area is 97.7 Å². The molecule has 0 aromatic heterocycles. The number of carbonyl (C=O) groups is 2. The van der Waals surface area contributed by atoms with Gasteiger partial charge in [-0.15, -0.1) is 0 Å². The van der Waals surface area contributed by atoms with Crippen LogP contribution in [0.15, 0.2) is 0 Å². The van der Waals surface area contributed by atoms with Crippen LogP contribution in [0.3, 0.4) is 0 Å². The second kappa shape index (κ2) is 5.47. The molecule has 0 aromatic carbocycles. The van der Waals surface area contributed by atoms with Gasteiger partial charge in [0.25, 0.3) is 0 Å². The molecule has 0 amide bonds. The highest BCUT2D eigenvalue weighted by molar-refractivity contribution is 6.61. The summed E-state index contributed by atoms with van der Waals surface area (Å²) in [7, 11) is 0. The Bertz CT molecular complexity index is 277. The highest BCUT2D eigenvalue weighted by Crippen LogP contribution is 2.22. The maximum Gasteiger partial charge on any atom is 0.404 e. The lowest BCUT2D eigenvalue weighted by atomic mass is 10.4. The van der Waals surface area contributed by atoms with Gasteiger partial charge in [0.15, 0.2) is 12.4 Å². The Hall–Kier alpha value is -0.850.